The summed E-state index contributed by atoms with van der Waals surface area (Å²) in [4.78, 5) is 24.3. The lowest BCUT2D eigenvalue weighted by Crippen LogP contribution is -2.49. The maximum absolute atomic E-state index is 11.7. The number of amides is 2. The second-order valence-electron chi connectivity index (χ2n) is 4.70. The van der Waals surface area contributed by atoms with Crippen LogP contribution in [0.1, 0.15) is 4.88 Å². The third kappa shape index (κ3) is 7.01. The smallest absolute Gasteiger partial charge is 0.276 e. The van der Waals surface area contributed by atoms with Gasteiger partial charge >= 0.3 is 0 Å². The largest absolute Gasteiger partial charge is 0.482 e. The molecule has 0 aliphatic rings. The normalized spacial score (nSPS) is 10.4. The molecular formula is C16H13Cl2N3O3S2. The van der Waals surface area contributed by atoms with Crippen molar-refractivity contribution in [2.24, 2.45) is 0 Å². The molecular weight excluding hydrogens is 417 g/mol. The monoisotopic (exact) mass is 429 g/mol. The zero-order valence-electron chi connectivity index (χ0n) is 13.1. The van der Waals surface area contributed by atoms with Gasteiger partial charge in [0, 0.05) is 16.0 Å². The van der Waals surface area contributed by atoms with Crippen molar-refractivity contribution in [3.63, 3.8) is 0 Å². The Morgan fingerprint density at radius 2 is 2.04 bits per heavy atom. The Bertz CT molecular complexity index is 826. The lowest BCUT2D eigenvalue weighted by molar-refractivity contribution is -0.123. The van der Waals surface area contributed by atoms with Crippen molar-refractivity contribution in [1.82, 2.24) is 16.2 Å². The molecule has 10 heteroatoms. The molecule has 6 nitrogen and oxygen atoms in total. The van der Waals surface area contributed by atoms with E-state index in [0.717, 1.165) is 4.88 Å². The summed E-state index contributed by atoms with van der Waals surface area (Å²) in [6.45, 7) is -0.302. The van der Waals surface area contributed by atoms with Gasteiger partial charge in [-0.25, -0.2) is 0 Å². The zero-order valence-corrected chi connectivity index (χ0v) is 16.3. The number of ether oxygens (including phenoxy) is 1. The van der Waals surface area contributed by atoms with Crippen molar-refractivity contribution in [1.29, 1.82) is 0 Å². The number of carbonyl (C=O) groups excluding carboxylic acids is 2. The van der Waals surface area contributed by atoms with Crippen molar-refractivity contribution in [2.45, 2.75) is 0 Å². The predicted octanol–water partition coefficient (Wildman–Crippen LogP) is 3.17. The Morgan fingerprint density at radius 1 is 1.23 bits per heavy atom. The molecule has 0 atom stereocenters. The molecule has 0 radical (unpaired) electrons. The van der Waals surface area contributed by atoms with Gasteiger partial charge < -0.3 is 4.74 Å². The number of carbonyl (C=O) groups is 2. The highest BCUT2D eigenvalue weighted by Crippen LogP contribution is 2.27. The molecule has 2 amide bonds. The van der Waals surface area contributed by atoms with Crippen molar-refractivity contribution in [2.75, 3.05) is 6.61 Å². The average Bonchev–Trinajstić information content (AvgIpc) is 3.11. The maximum atomic E-state index is 11.7. The number of hydrogen-bond acceptors (Lipinski definition) is 5. The Kier molecular flexibility index (Phi) is 7.86. The van der Waals surface area contributed by atoms with Gasteiger partial charge in [-0.3, -0.25) is 25.8 Å². The van der Waals surface area contributed by atoms with E-state index in [1.807, 2.05) is 17.5 Å². The molecule has 136 valence electrons. The summed E-state index contributed by atoms with van der Waals surface area (Å²) in [6, 6.07) is 8.40. The Hall–Kier alpha value is -2.13. The van der Waals surface area contributed by atoms with E-state index in [4.69, 9.17) is 40.2 Å². The summed E-state index contributed by atoms with van der Waals surface area (Å²) in [7, 11) is 0. The summed E-state index contributed by atoms with van der Waals surface area (Å²) < 4.78 is 5.26. The first-order valence-electron chi connectivity index (χ1n) is 7.13. The molecule has 26 heavy (non-hydrogen) atoms. The van der Waals surface area contributed by atoms with Crippen LogP contribution in [0.2, 0.25) is 10.0 Å². The highest BCUT2D eigenvalue weighted by Gasteiger charge is 2.07. The first kappa shape index (κ1) is 20.2. The quantitative estimate of drug-likeness (QED) is 0.386. The Morgan fingerprint density at radius 3 is 2.73 bits per heavy atom. The van der Waals surface area contributed by atoms with Gasteiger partial charge in [-0.05, 0) is 47.9 Å². The minimum absolute atomic E-state index is 0.0521. The molecule has 0 saturated heterocycles. The van der Waals surface area contributed by atoms with E-state index in [9.17, 15) is 9.59 Å². The van der Waals surface area contributed by atoms with E-state index in [-0.39, 0.29) is 11.7 Å². The maximum Gasteiger partial charge on any atom is 0.276 e. The third-order valence-corrected chi connectivity index (χ3v) is 4.32. The second kappa shape index (κ2) is 10.1. The van der Waals surface area contributed by atoms with Crippen LogP contribution in [0, 0.1) is 0 Å². The van der Waals surface area contributed by atoms with Crippen LogP contribution in [0.3, 0.4) is 0 Å². The molecule has 1 aromatic carbocycles. The van der Waals surface area contributed by atoms with E-state index in [1.165, 1.54) is 23.5 Å². The Balaban J connectivity index is 1.69. The second-order valence-corrected chi connectivity index (χ2v) is 6.93. The zero-order chi connectivity index (χ0) is 18.9. The number of benzene rings is 1. The van der Waals surface area contributed by atoms with Crippen molar-refractivity contribution >= 4 is 69.8 Å². The number of hydrogen-bond donors (Lipinski definition) is 3. The van der Waals surface area contributed by atoms with Gasteiger partial charge in [-0.1, -0.05) is 29.3 Å². The molecule has 0 spiro atoms. The molecule has 2 rings (SSSR count). The topological polar surface area (TPSA) is 79.5 Å². The summed E-state index contributed by atoms with van der Waals surface area (Å²) >= 11 is 18.1. The minimum atomic E-state index is -0.512. The van der Waals surface area contributed by atoms with Crippen LogP contribution >= 0.6 is 46.8 Å². The van der Waals surface area contributed by atoms with Crippen molar-refractivity contribution in [3.8, 4) is 5.75 Å². The fourth-order valence-corrected chi connectivity index (χ4v) is 2.86. The standard InChI is InChI=1S/C16H13Cl2N3O3S2/c17-10-3-5-13(12(18)8-10)24-9-15(23)20-21-16(25)19-14(22)6-4-11-2-1-7-26-11/h1-8H,9H2,(H,20,23)(H2,19,21,22,25)/b6-4+. The lowest BCUT2D eigenvalue weighted by Gasteiger charge is -2.11. The van der Waals surface area contributed by atoms with Gasteiger partial charge in [-0.2, -0.15) is 0 Å². The van der Waals surface area contributed by atoms with Crippen molar-refractivity contribution in [3.05, 3.63) is 56.7 Å². The van der Waals surface area contributed by atoms with Gasteiger partial charge in [0.25, 0.3) is 5.91 Å². The van der Waals surface area contributed by atoms with Crippen LogP contribution in [-0.4, -0.2) is 23.5 Å². The molecule has 0 fully saturated rings. The molecule has 0 aliphatic carbocycles. The van der Waals surface area contributed by atoms with Crippen LogP contribution < -0.4 is 20.9 Å². The molecule has 0 aliphatic heterocycles. The number of hydrazine groups is 1. The van der Waals surface area contributed by atoms with Crippen LogP contribution in [0.5, 0.6) is 5.75 Å². The number of thiocarbonyl (C=S) groups is 1. The van der Waals surface area contributed by atoms with Gasteiger partial charge in [-0.15, -0.1) is 11.3 Å². The van der Waals surface area contributed by atoms with Crippen molar-refractivity contribution < 1.29 is 14.3 Å². The SMILES string of the molecule is O=C(/C=C/c1cccs1)NC(=S)NNC(=O)COc1ccc(Cl)cc1Cl. The number of thiophene rings is 1. The molecule has 0 unspecified atom stereocenters. The number of nitrogens with one attached hydrogen (secondary N) is 3. The van der Waals surface area contributed by atoms with E-state index in [1.54, 1.807) is 18.2 Å². The summed E-state index contributed by atoms with van der Waals surface area (Å²) in [5.74, 6) is -0.614. The highest BCUT2D eigenvalue weighted by molar-refractivity contribution is 7.80. The molecule has 0 saturated carbocycles. The highest BCUT2D eigenvalue weighted by atomic mass is 35.5. The number of rotatable bonds is 5. The molecule has 1 heterocycles. The Labute approximate surface area is 169 Å². The average molecular weight is 430 g/mol. The summed E-state index contributed by atoms with van der Waals surface area (Å²) in [5, 5.41) is 5.00. The molecule has 3 N–H and O–H groups in total. The van der Waals surface area contributed by atoms with Gasteiger partial charge in [0.2, 0.25) is 5.91 Å². The first-order valence-corrected chi connectivity index (χ1v) is 9.17. The van der Waals surface area contributed by atoms with E-state index in [0.29, 0.717) is 15.8 Å². The predicted molar refractivity (Wildman–Crippen MR) is 107 cm³/mol. The van der Waals surface area contributed by atoms with Gasteiger partial charge in [0.1, 0.15) is 5.75 Å². The van der Waals surface area contributed by atoms with E-state index in [2.05, 4.69) is 16.2 Å². The van der Waals surface area contributed by atoms with E-state index < -0.39 is 11.8 Å². The van der Waals surface area contributed by atoms with Crippen LogP contribution in [-0.2, 0) is 9.59 Å². The van der Waals surface area contributed by atoms with Crippen LogP contribution in [0.25, 0.3) is 6.08 Å². The fourth-order valence-electron chi connectivity index (χ4n) is 1.63. The van der Waals surface area contributed by atoms with Gasteiger partial charge in [0.15, 0.2) is 11.7 Å². The fraction of sp³-hybridized carbons (Fsp3) is 0.0625. The summed E-state index contributed by atoms with van der Waals surface area (Å²) in [5.41, 5.74) is 4.70. The molecule has 2 aromatic rings. The van der Waals surface area contributed by atoms with Crippen LogP contribution in [0.4, 0.5) is 0 Å². The lowest BCUT2D eigenvalue weighted by atomic mass is 10.3. The van der Waals surface area contributed by atoms with Gasteiger partial charge in [0.05, 0.1) is 5.02 Å². The molecule has 1 aromatic heterocycles. The molecule has 0 bridgehead atoms. The van der Waals surface area contributed by atoms with Crippen LogP contribution in [0.15, 0.2) is 41.8 Å². The summed E-state index contributed by atoms with van der Waals surface area (Å²) in [6.07, 6.45) is 3.00. The minimum Gasteiger partial charge on any atom is -0.482 e. The first-order chi connectivity index (χ1) is 12.4. The van der Waals surface area contributed by atoms with E-state index >= 15 is 0 Å². The third-order valence-electron chi connectivity index (χ3n) is 2.75. The number of halogens is 2.